The zero-order valence-corrected chi connectivity index (χ0v) is 27.1. The first-order valence-corrected chi connectivity index (χ1v) is 17.2. The van der Waals surface area contributed by atoms with Gasteiger partial charge in [0.2, 0.25) is 5.95 Å². The summed E-state index contributed by atoms with van der Waals surface area (Å²) in [4.78, 5) is 10.6. The van der Waals surface area contributed by atoms with Crippen LogP contribution >= 0.6 is 0 Å². The molecule has 7 aromatic carbocycles. The summed E-state index contributed by atoms with van der Waals surface area (Å²) in [5.74, 6) is 0.661. The van der Waals surface area contributed by atoms with Crippen LogP contribution in [0.1, 0.15) is 22.3 Å². The van der Waals surface area contributed by atoms with Crippen molar-refractivity contribution in [2.75, 3.05) is 0 Å². The number of rotatable bonds is 3. The number of nitrogens with zero attached hydrogens (tertiary/aromatic N) is 3. The van der Waals surface area contributed by atoms with Crippen molar-refractivity contribution in [1.82, 2.24) is 14.5 Å². The van der Waals surface area contributed by atoms with Gasteiger partial charge in [0, 0.05) is 21.9 Å². The van der Waals surface area contributed by atoms with Crippen molar-refractivity contribution in [3.05, 3.63) is 198 Å². The molecule has 0 saturated heterocycles. The fourth-order valence-electron chi connectivity index (χ4n) is 8.82. The largest absolute Gasteiger partial charge is 0.278 e. The van der Waals surface area contributed by atoms with Crippen molar-refractivity contribution in [1.29, 1.82) is 0 Å². The van der Waals surface area contributed by atoms with Crippen LogP contribution in [0.5, 0.6) is 0 Å². The molecule has 3 nitrogen and oxygen atoms in total. The predicted molar refractivity (Wildman–Crippen MR) is 204 cm³/mol. The summed E-state index contributed by atoms with van der Waals surface area (Å²) in [6, 6.07) is 63.5. The van der Waals surface area contributed by atoms with E-state index in [-0.39, 0.29) is 0 Å². The minimum atomic E-state index is -0.402. The third-order valence-corrected chi connectivity index (χ3v) is 10.8. The maximum Gasteiger partial charge on any atom is 0.235 e. The molecule has 2 aliphatic rings. The highest BCUT2D eigenvalue weighted by molar-refractivity contribution is 6.12. The van der Waals surface area contributed by atoms with Gasteiger partial charge < -0.3 is 0 Å². The maximum absolute atomic E-state index is 5.29. The quantitative estimate of drug-likeness (QED) is 0.193. The molecule has 0 fully saturated rings. The molecule has 9 aromatic rings. The normalized spacial score (nSPS) is 13.4. The Hall–Kier alpha value is -6.58. The van der Waals surface area contributed by atoms with Crippen LogP contribution in [-0.4, -0.2) is 14.5 Å². The average molecular weight is 636 g/mol. The van der Waals surface area contributed by atoms with Crippen LogP contribution < -0.4 is 0 Å². The molecule has 0 aliphatic heterocycles. The third-order valence-electron chi connectivity index (χ3n) is 10.8. The van der Waals surface area contributed by atoms with Crippen molar-refractivity contribution >= 4 is 21.8 Å². The molecule has 0 amide bonds. The summed E-state index contributed by atoms with van der Waals surface area (Å²) in [6.45, 7) is 0. The van der Waals surface area contributed by atoms with Crippen molar-refractivity contribution in [2.45, 2.75) is 5.41 Å². The summed E-state index contributed by atoms with van der Waals surface area (Å²) < 4.78 is 2.27. The summed E-state index contributed by atoms with van der Waals surface area (Å²) in [5.41, 5.74) is 16.2. The Labute approximate surface area is 289 Å². The first-order chi connectivity index (χ1) is 24.8. The lowest BCUT2D eigenvalue weighted by molar-refractivity contribution is 0.795. The van der Waals surface area contributed by atoms with Gasteiger partial charge in [-0.25, -0.2) is 9.97 Å². The number of fused-ring (bicyclic) bond motifs is 13. The van der Waals surface area contributed by atoms with Crippen LogP contribution in [0, 0.1) is 0 Å². The fourth-order valence-corrected chi connectivity index (χ4v) is 8.82. The van der Waals surface area contributed by atoms with E-state index in [2.05, 4.69) is 168 Å². The van der Waals surface area contributed by atoms with E-state index in [0.29, 0.717) is 5.95 Å². The van der Waals surface area contributed by atoms with Crippen LogP contribution in [-0.2, 0) is 5.41 Å². The molecule has 1 spiro atoms. The van der Waals surface area contributed by atoms with Gasteiger partial charge in [-0.15, -0.1) is 0 Å². The Balaban J connectivity index is 1.25. The van der Waals surface area contributed by atoms with E-state index < -0.39 is 5.41 Å². The lowest BCUT2D eigenvalue weighted by Crippen LogP contribution is -2.25. The highest BCUT2D eigenvalue weighted by Crippen LogP contribution is 2.63. The highest BCUT2D eigenvalue weighted by atomic mass is 15.2. The molecule has 2 aliphatic carbocycles. The lowest BCUT2D eigenvalue weighted by Gasteiger charge is -2.30. The zero-order valence-electron chi connectivity index (χ0n) is 27.1. The molecule has 50 heavy (non-hydrogen) atoms. The van der Waals surface area contributed by atoms with Crippen molar-refractivity contribution in [3.63, 3.8) is 0 Å². The van der Waals surface area contributed by atoms with Gasteiger partial charge >= 0.3 is 0 Å². The minimum Gasteiger partial charge on any atom is -0.278 e. The monoisotopic (exact) mass is 635 g/mol. The molecule has 0 saturated carbocycles. The molecule has 0 radical (unpaired) electrons. The van der Waals surface area contributed by atoms with E-state index in [0.717, 1.165) is 33.5 Å². The van der Waals surface area contributed by atoms with Crippen molar-refractivity contribution in [3.8, 4) is 50.7 Å². The van der Waals surface area contributed by atoms with Crippen LogP contribution in [0.3, 0.4) is 0 Å². The van der Waals surface area contributed by atoms with Gasteiger partial charge in [0.15, 0.2) is 0 Å². The molecular formula is C47H29N3. The number of hydrogen-bond donors (Lipinski definition) is 0. The van der Waals surface area contributed by atoms with Gasteiger partial charge in [0.25, 0.3) is 0 Å². The molecule has 232 valence electrons. The Morgan fingerprint density at radius 2 is 0.840 bits per heavy atom. The standard InChI is InChI=1S/C47H29N3/c1-3-15-30(16-4-1)42-29-43(31-17-5-2-6-18-31)49-46(48-42)50-44-26-14-10-22-35(44)37-27-41-36(28-45(37)50)34-21-9-13-25-40(34)47(41)38-23-11-7-19-32(38)33-20-8-12-24-39(33)47/h1-29H. The summed E-state index contributed by atoms with van der Waals surface area (Å²) in [6.07, 6.45) is 0. The second kappa shape index (κ2) is 10.2. The van der Waals surface area contributed by atoms with Crippen LogP contribution in [0.25, 0.3) is 72.5 Å². The molecule has 2 heterocycles. The molecular weight excluding hydrogens is 607 g/mol. The van der Waals surface area contributed by atoms with E-state index in [1.165, 1.54) is 55.3 Å². The number of hydrogen-bond acceptors (Lipinski definition) is 2. The van der Waals surface area contributed by atoms with Crippen LogP contribution in [0.15, 0.2) is 176 Å². The van der Waals surface area contributed by atoms with Gasteiger partial charge in [-0.2, -0.15) is 0 Å². The first kappa shape index (κ1) is 27.4. The Morgan fingerprint density at radius 3 is 1.42 bits per heavy atom. The molecule has 0 unspecified atom stereocenters. The molecule has 11 rings (SSSR count). The highest BCUT2D eigenvalue weighted by Gasteiger charge is 2.51. The molecule has 0 N–H and O–H groups in total. The summed E-state index contributed by atoms with van der Waals surface area (Å²) >= 11 is 0. The Morgan fingerprint density at radius 1 is 0.360 bits per heavy atom. The van der Waals surface area contributed by atoms with E-state index >= 15 is 0 Å². The Bertz CT molecular complexity index is 2710. The smallest absolute Gasteiger partial charge is 0.235 e. The molecule has 3 heteroatoms. The van der Waals surface area contributed by atoms with Gasteiger partial charge in [-0.3, -0.25) is 4.57 Å². The second-order valence-corrected chi connectivity index (χ2v) is 13.3. The van der Waals surface area contributed by atoms with Crippen molar-refractivity contribution < 1.29 is 0 Å². The summed E-state index contributed by atoms with van der Waals surface area (Å²) in [5, 5.41) is 2.38. The summed E-state index contributed by atoms with van der Waals surface area (Å²) in [7, 11) is 0. The topological polar surface area (TPSA) is 30.7 Å². The molecule has 2 aromatic heterocycles. The van der Waals surface area contributed by atoms with Crippen molar-refractivity contribution in [2.24, 2.45) is 0 Å². The Kier molecular flexibility index (Phi) is 5.59. The number of benzene rings is 7. The maximum atomic E-state index is 5.29. The molecule has 0 bridgehead atoms. The first-order valence-electron chi connectivity index (χ1n) is 17.2. The van der Waals surface area contributed by atoms with E-state index in [4.69, 9.17) is 9.97 Å². The predicted octanol–water partition coefficient (Wildman–Crippen LogP) is 11.3. The van der Waals surface area contributed by atoms with Gasteiger partial charge in [-0.1, -0.05) is 152 Å². The van der Waals surface area contributed by atoms with Gasteiger partial charge in [0.1, 0.15) is 0 Å². The van der Waals surface area contributed by atoms with Gasteiger partial charge in [-0.05, 0) is 68.8 Å². The molecule has 0 atom stereocenters. The second-order valence-electron chi connectivity index (χ2n) is 13.3. The average Bonchev–Trinajstić information content (AvgIpc) is 3.79. The van der Waals surface area contributed by atoms with E-state index in [1.54, 1.807) is 0 Å². The van der Waals surface area contributed by atoms with Gasteiger partial charge in [0.05, 0.1) is 27.8 Å². The van der Waals surface area contributed by atoms with Crippen LogP contribution in [0.2, 0.25) is 0 Å². The van der Waals surface area contributed by atoms with E-state index in [1.807, 2.05) is 12.1 Å². The number of aromatic nitrogens is 3. The third kappa shape index (κ3) is 3.58. The lowest BCUT2D eigenvalue weighted by atomic mass is 9.70. The SMILES string of the molecule is c1ccc(-c2cc(-c3ccccc3)nc(-n3c4ccccc4c4cc5c(cc43)-c3ccccc3C53c4ccccc4-c4ccccc43)n2)cc1. The fraction of sp³-hybridized carbons (Fsp3) is 0.0213. The zero-order chi connectivity index (χ0) is 32.8. The van der Waals surface area contributed by atoms with Crippen LogP contribution in [0.4, 0.5) is 0 Å². The number of para-hydroxylation sites is 1. The van der Waals surface area contributed by atoms with E-state index in [9.17, 15) is 0 Å². The minimum absolute atomic E-state index is 0.402.